The van der Waals surface area contributed by atoms with Crippen LogP contribution in [0.4, 0.5) is 0 Å². The van der Waals surface area contributed by atoms with Gasteiger partial charge in [0.05, 0.1) is 12.7 Å². The molecule has 0 saturated carbocycles. The monoisotopic (exact) mass is 374 g/mol. The summed E-state index contributed by atoms with van der Waals surface area (Å²) in [5.41, 5.74) is 3.00. The van der Waals surface area contributed by atoms with E-state index < -0.39 is 0 Å². The maximum Gasteiger partial charge on any atom is 0.190 e. The van der Waals surface area contributed by atoms with Crippen LogP contribution in [-0.2, 0) is 22.4 Å². The highest BCUT2D eigenvalue weighted by atomic mass is 16.5. The van der Waals surface area contributed by atoms with Gasteiger partial charge in [-0.25, -0.2) is 0 Å². The average molecular weight is 375 g/mol. The van der Waals surface area contributed by atoms with Gasteiger partial charge in [-0.2, -0.15) is 0 Å². The van der Waals surface area contributed by atoms with Crippen molar-refractivity contribution in [3.63, 3.8) is 0 Å². The van der Waals surface area contributed by atoms with Crippen molar-refractivity contribution >= 4 is 5.96 Å². The summed E-state index contributed by atoms with van der Waals surface area (Å²) in [5.74, 6) is 0.878. The summed E-state index contributed by atoms with van der Waals surface area (Å²) >= 11 is 0. The zero-order valence-corrected chi connectivity index (χ0v) is 16.6. The summed E-state index contributed by atoms with van der Waals surface area (Å²) in [4.78, 5) is 6.84. The minimum absolute atomic E-state index is 0.296. The smallest absolute Gasteiger partial charge is 0.190 e. The van der Waals surface area contributed by atoms with Crippen molar-refractivity contribution in [2.45, 2.75) is 38.3 Å². The average Bonchev–Trinajstić information content (AvgIpc) is 3.22. The molecule has 27 heavy (non-hydrogen) atoms. The van der Waals surface area contributed by atoms with E-state index in [0.717, 1.165) is 77.8 Å². The maximum absolute atomic E-state index is 5.78. The fourth-order valence-electron chi connectivity index (χ4n) is 3.65. The Hall–Kier alpha value is -1.63. The fraction of sp³-hybridized carbons (Fsp3) is 0.667. The second-order valence-electron chi connectivity index (χ2n) is 7.28. The molecule has 1 fully saturated rings. The number of nitrogens with one attached hydrogen (secondary N) is 2. The number of hydrogen-bond donors (Lipinski definition) is 2. The molecule has 3 rings (SSSR count). The third-order valence-electron chi connectivity index (χ3n) is 5.23. The van der Waals surface area contributed by atoms with Crippen molar-refractivity contribution in [3.8, 4) is 0 Å². The van der Waals surface area contributed by atoms with Gasteiger partial charge in [-0.3, -0.25) is 9.89 Å². The van der Waals surface area contributed by atoms with E-state index in [-0.39, 0.29) is 0 Å². The summed E-state index contributed by atoms with van der Waals surface area (Å²) in [6.07, 6.45) is 4.59. The highest BCUT2D eigenvalue weighted by Gasteiger charge is 2.16. The number of fused-ring (bicyclic) bond motifs is 1. The standard InChI is InChI=1S/C21H34N4O2/c1-22-21(24-11-5-14-27-20-9-15-26-17-20)23-10-4-12-25-13-8-18-6-2-3-7-19(18)16-25/h2-3,6-7,20H,4-5,8-17H2,1H3,(H2,22,23,24). The summed E-state index contributed by atoms with van der Waals surface area (Å²) < 4.78 is 11.1. The molecule has 2 heterocycles. The Morgan fingerprint density at radius 3 is 2.81 bits per heavy atom. The molecule has 0 aliphatic carbocycles. The van der Waals surface area contributed by atoms with Gasteiger partial charge in [-0.15, -0.1) is 0 Å². The van der Waals surface area contributed by atoms with Crippen LogP contribution in [0.1, 0.15) is 30.4 Å². The highest BCUT2D eigenvalue weighted by molar-refractivity contribution is 5.79. The van der Waals surface area contributed by atoms with Gasteiger partial charge in [0.15, 0.2) is 5.96 Å². The number of ether oxygens (including phenoxy) is 2. The van der Waals surface area contributed by atoms with Gasteiger partial charge in [0.25, 0.3) is 0 Å². The number of aliphatic imine (C=N–C) groups is 1. The summed E-state index contributed by atoms with van der Waals surface area (Å²) in [7, 11) is 1.82. The Balaban J connectivity index is 1.22. The topological polar surface area (TPSA) is 58.1 Å². The predicted octanol–water partition coefficient (Wildman–Crippen LogP) is 1.80. The summed E-state index contributed by atoms with van der Waals surface area (Å²) in [6, 6.07) is 8.81. The van der Waals surface area contributed by atoms with Crippen molar-refractivity contribution < 1.29 is 9.47 Å². The van der Waals surface area contributed by atoms with Crippen LogP contribution in [0.5, 0.6) is 0 Å². The van der Waals surface area contributed by atoms with Crippen LogP contribution in [0.15, 0.2) is 29.3 Å². The zero-order valence-electron chi connectivity index (χ0n) is 16.6. The van der Waals surface area contributed by atoms with E-state index in [4.69, 9.17) is 9.47 Å². The van der Waals surface area contributed by atoms with Crippen molar-refractivity contribution in [1.29, 1.82) is 0 Å². The van der Waals surface area contributed by atoms with Crippen LogP contribution in [0, 0.1) is 0 Å². The molecule has 1 aromatic carbocycles. The molecule has 0 spiro atoms. The van der Waals surface area contributed by atoms with E-state index in [0.29, 0.717) is 6.10 Å². The molecule has 1 saturated heterocycles. The molecule has 2 N–H and O–H groups in total. The molecule has 0 radical (unpaired) electrons. The Kier molecular flexibility index (Phi) is 8.39. The third kappa shape index (κ3) is 6.79. The first kappa shape index (κ1) is 20.1. The molecule has 0 bridgehead atoms. The van der Waals surface area contributed by atoms with Crippen molar-refractivity contribution in [2.75, 3.05) is 53.0 Å². The second kappa shape index (κ2) is 11.3. The lowest BCUT2D eigenvalue weighted by Gasteiger charge is -2.28. The van der Waals surface area contributed by atoms with E-state index >= 15 is 0 Å². The lowest BCUT2D eigenvalue weighted by atomic mass is 10.00. The maximum atomic E-state index is 5.78. The SMILES string of the molecule is CN=C(NCCCOC1CCOC1)NCCCN1CCc2ccccc2C1. The number of hydrogen-bond acceptors (Lipinski definition) is 4. The van der Waals surface area contributed by atoms with Crippen LogP contribution >= 0.6 is 0 Å². The van der Waals surface area contributed by atoms with E-state index in [9.17, 15) is 0 Å². The van der Waals surface area contributed by atoms with Gasteiger partial charge in [0, 0.05) is 53.0 Å². The Bertz CT molecular complexity index is 587. The number of guanidine groups is 1. The zero-order chi connectivity index (χ0) is 18.7. The molecular weight excluding hydrogens is 340 g/mol. The van der Waals surface area contributed by atoms with Gasteiger partial charge in [-0.1, -0.05) is 24.3 Å². The fourth-order valence-corrected chi connectivity index (χ4v) is 3.65. The second-order valence-corrected chi connectivity index (χ2v) is 7.28. The number of benzene rings is 1. The van der Waals surface area contributed by atoms with Crippen LogP contribution in [0.3, 0.4) is 0 Å². The molecule has 2 aliphatic rings. The Morgan fingerprint density at radius 2 is 2.04 bits per heavy atom. The van der Waals surface area contributed by atoms with Gasteiger partial charge in [-0.05, 0) is 36.8 Å². The largest absolute Gasteiger partial charge is 0.379 e. The summed E-state index contributed by atoms with van der Waals surface area (Å²) in [5, 5.41) is 6.77. The van der Waals surface area contributed by atoms with Gasteiger partial charge in [0.1, 0.15) is 0 Å². The van der Waals surface area contributed by atoms with Crippen molar-refractivity contribution in [2.24, 2.45) is 4.99 Å². The van der Waals surface area contributed by atoms with Crippen LogP contribution in [-0.4, -0.2) is 70.0 Å². The number of rotatable bonds is 9. The van der Waals surface area contributed by atoms with Crippen LogP contribution in [0.25, 0.3) is 0 Å². The molecule has 0 aromatic heterocycles. The molecule has 6 nitrogen and oxygen atoms in total. The van der Waals surface area contributed by atoms with E-state index in [1.165, 1.54) is 17.5 Å². The van der Waals surface area contributed by atoms with Crippen molar-refractivity contribution in [1.82, 2.24) is 15.5 Å². The van der Waals surface area contributed by atoms with Gasteiger partial charge >= 0.3 is 0 Å². The quantitative estimate of drug-likeness (QED) is 0.392. The van der Waals surface area contributed by atoms with Crippen molar-refractivity contribution in [3.05, 3.63) is 35.4 Å². The molecule has 150 valence electrons. The molecule has 1 atom stereocenters. The van der Waals surface area contributed by atoms with Crippen LogP contribution < -0.4 is 10.6 Å². The Labute approximate surface area is 163 Å². The van der Waals surface area contributed by atoms with E-state index in [2.05, 4.69) is 44.8 Å². The van der Waals surface area contributed by atoms with Crippen LogP contribution in [0.2, 0.25) is 0 Å². The summed E-state index contributed by atoms with van der Waals surface area (Å²) in [6.45, 7) is 7.53. The Morgan fingerprint density at radius 1 is 1.22 bits per heavy atom. The molecule has 6 heteroatoms. The number of nitrogens with zero attached hydrogens (tertiary/aromatic N) is 2. The highest BCUT2D eigenvalue weighted by Crippen LogP contribution is 2.18. The minimum atomic E-state index is 0.296. The first-order valence-corrected chi connectivity index (χ1v) is 10.3. The molecule has 1 unspecified atom stereocenters. The third-order valence-corrected chi connectivity index (χ3v) is 5.23. The van der Waals surface area contributed by atoms with Gasteiger partial charge < -0.3 is 20.1 Å². The van der Waals surface area contributed by atoms with E-state index in [1.807, 2.05) is 7.05 Å². The van der Waals surface area contributed by atoms with E-state index in [1.54, 1.807) is 0 Å². The lowest BCUT2D eigenvalue weighted by molar-refractivity contribution is 0.0420. The first-order valence-electron chi connectivity index (χ1n) is 10.3. The molecule has 2 aliphatic heterocycles. The van der Waals surface area contributed by atoms with Gasteiger partial charge in [0.2, 0.25) is 0 Å². The first-order chi connectivity index (χ1) is 13.3. The molecular formula is C21H34N4O2. The molecule has 0 amide bonds. The predicted molar refractivity (Wildman–Crippen MR) is 109 cm³/mol. The normalized spacial score (nSPS) is 20.5. The minimum Gasteiger partial charge on any atom is -0.379 e. The molecule has 1 aromatic rings. The lowest BCUT2D eigenvalue weighted by Crippen LogP contribution is -2.40.